The van der Waals surface area contributed by atoms with Gasteiger partial charge in [-0.3, -0.25) is 14.9 Å². The predicted molar refractivity (Wildman–Crippen MR) is 82.6 cm³/mol. The van der Waals surface area contributed by atoms with E-state index in [1.807, 2.05) is 0 Å². The summed E-state index contributed by atoms with van der Waals surface area (Å²) in [4.78, 5) is 23.6. The van der Waals surface area contributed by atoms with Crippen molar-refractivity contribution in [3.8, 4) is 0 Å². The average Bonchev–Trinajstić information content (AvgIpc) is 2.87. The first kappa shape index (κ1) is 15.9. The first-order valence-electron chi connectivity index (χ1n) is 7.28. The Morgan fingerprint density at radius 3 is 2.71 bits per heavy atom. The molecule has 21 heavy (non-hydrogen) atoms. The number of nitro groups is 1. The van der Waals surface area contributed by atoms with Crippen LogP contribution in [-0.4, -0.2) is 23.4 Å². The normalized spacial score (nSPS) is 17.4. The van der Waals surface area contributed by atoms with E-state index < -0.39 is 4.92 Å². The SMILES string of the molecule is Cc1sc(C(=O)NC(CN)C2CCCCC2)cc1[N+](=O)[O-]. The number of nitrogens with zero attached hydrogens (tertiary/aromatic N) is 1. The quantitative estimate of drug-likeness (QED) is 0.645. The van der Waals surface area contributed by atoms with Crippen LogP contribution in [0.4, 0.5) is 5.69 Å². The van der Waals surface area contributed by atoms with Crippen molar-refractivity contribution in [3.05, 3.63) is 25.9 Å². The topological polar surface area (TPSA) is 98.3 Å². The summed E-state index contributed by atoms with van der Waals surface area (Å²) < 4.78 is 0. The van der Waals surface area contributed by atoms with Crippen LogP contribution in [-0.2, 0) is 0 Å². The lowest BCUT2D eigenvalue weighted by atomic mass is 9.84. The molecule has 2 rings (SSSR count). The zero-order valence-corrected chi connectivity index (χ0v) is 12.9. The molecule has 0 aromatic carbocycles. The number of thiophene rings is 1. The predicted octanol–water partition coefficient (Wildman–Crippen LogP) is 2.60. The number of hydrogen-bond donors (Lipinski definition) is 2. The van der Waals surface area contributed by atoms with Gasteiger partial charge in [0.2, 0.25) is 0 Å². The lowest BCUT2D eigenvalue weighted by Crippen LogP contribution is -2.45. The third-order valence-electron chi connectivity index (χ3n) is 4.10. The summed E-state index contributed by atoms with van der Waals surface area (Å²) in [6, 6.07) is 1.31. The number of rotatable bonds is 5. The van der Waals surface area contributed by atoms with Crippen molar-refractivity contribution in [3.63, 3.8) is 0 Å². The average molecular weight is 311 g/mol. The van der Waals surface area contributed by atoms with Gasteiger partial charge in [-0.25, -0.2) is 0 Å². The third-order valence-corrected chi connectivity index (χ3v) is 5.14. The lowest BCUT2D eigenvalue weighted by Gasteiger charge is -2.29. The number of carbonyl (C=O) groups is 1. The highest BCUT2D eigenvalue weighted by Gasteiger charge is 2.26. The van der Waals surface area contributed by atoms with E-state index in [1.54, 1.807) is 6.92 Å². The van der Waals surface area contributed by atoms with Crippen LogP contribution < -0.4 is 11.1 Å². The smallest absolute Gasteiger partial charge is 0.283 e. The summed E-state index contributed by atoms with van der Waals surface area (Å²) >= 11 is 1.16. The van der Waals surface area contributed by atoms with Crippen LogP contribution in [0.5, 0.6) is 0 Å². The molecule has 0 saturated heterocycles. The molecule has 0 bridgehead atoms. The van der Waals surface area contributed by atoms with E-state index >= 15 is 0 Å². The molecule has 1 heterocycles. The molecule has 6 nitrogen and oxygen atoms in total. The van der Waals surface area contributed by atoms with Gasteiger partial charge >= 0.3 is 0 Å². The van der Waals surface area contributed by atoms with Gasteiger partial charge in [0.05, 0.1) is 14.7 Å². The van der Waals surface area contributed by atoms with Gasteiger partial charge in [0, 0.05) is 18.7 Å². The standard InChI is InChI=1S/C14H21N3O3S/c1-9-12(17(19)20)7-13(21-9)14(18)16-11(8-15)10-5-3-2-4-6-10/h7,10-11H,2-6,8,15H2,1H3,(H,16,18). The molecule has 1 aromatic heterocycles. The van der Waals surface area contributed by atoms with Crippen LogP contribution in [0, 0.1) is 23.0 Å². The number of hydrogen-bond acceptors (Lipinski definition) is 5. The Labute approximate surface area is 127 Å². The molecule has 1 atom stereocenters. The molecule has 0 radical (unpaired) electrons. The summed E-state index contributed by atoms with van der Waals surface area (Å²) in [5.74, 6) is 0.168. The number of nitrogens with two attached hydrogens (primary N) is 1. The van der Waals surface area contributed by atoms with E-state index in [2.05, 4.69) is 5.32 Å². The lowest BCUT2D eigenvalue weighted by molar-refractivity contribution is -0.385. The van der Waals surface area contributed by atoms with Gasteiger partial charge < -0.3 is 11.1 Å². The Kier molecular flexibility index (Phi) is 5.30. The highest BCUT2D eigenvalue weighted by Crippen LogP contribution is 2.29. The van der Waals surface area contributed by atoms with E-state index in [4.69, 9.17) is 5.73 Å². The summed E-state index contributed by atoms with van der Waals surface area (Å²) in [6.45, 7) is 2.06. The Morgan fingerprint density at radius 1 is 1.52 bits per heavy atom. The van der Waals surface area contributed by atoms with Gasteiger partial charge in [-0.15, -0.1) is 11.3 Å². The second-order valence-electron chi connectivity index (χ2n) is 5.52. The first-order chi connectivity index (χ1) is 10.0. The van der Waals surface area contributed by atoms with E-state index in [1.165, 1.54) is 25.3 Å². The fraction of sp³-hybridized carbons (Fsp3) is 0.643. The zero-order valence-electron chi connectivity index (χ0n) is 12.1. The summed E-state index contributed by atoms with van der Waals surface area (Å²) in [7, 11) is 0. The van der Waals surface area contributed by atoms with Gasteiger partial charge in [0.25, 0.3) is 11.6 Å². The van der Waals surface area contributed by atoms with E-state index in [9.17, 15) is 14.9 Å². The van der Waals surface area contributed by atoms with Crippen LogP contribution in [0.15, 0.2) is 6.07 Å². The molecule has 1 aromatic rings. The molecule has 1 amide bonds. The van der Waals surface area contributed by atoms with Crippen molar-refractivity contribution >= 4 is 22.9 Å². The molecule has 7 heteroatoms. The van der Waals surface area contributed by atoms with Gasteiger partial charge in [-0.1, -0.05) is 19.3 Å². The third kappa shape index (κ3) is 3.79. The van der Waals surface area contributed by atoms with Crippen molar-refractivity contribution < 1.29 is 9.72 Å². The Hall–Kier alpha value is -1.47. The van der Waals surface area contributed by atoms with Crippen LogP contribution >= 0.6 is 11.3 Å². The van der Waals surface area contributed by atoms with Crippen LogP contribution in [0.1, 0.15) is 46.7 Å². The van der Waals surface area contributed by atoms with Crippen molar-refractivity contribution in [1.82, 2.24) is 5.32 Å². The van der Waals surface area contributed by atoms with Gasteiger partial charge in [0.1, 0.15) is 0 Å². The fourth-order valence-electron chi connectivity index (χ4n) is 2.91. The van der Waals surface area contributed by atoms with E-state index in [0.29, 0.717) is 22.2 Å². The molecular formula is C14H21N3O3S. The van der Waals surface area contributed by atoms with Crippen LogP contribution in [0.2, 0.25) is 0 Å². The molecule has 1 saturated carbocycles. The Balaban J connectivity index is 2.05. The Morgan fingerprint density at radius 2 is 2.19 bits per heavy atom. The maximum absolute atomic E-state index is 12.3. The minimum absolute atomic E-state index is 0.00659. The first-order valence-corrected chi connectivity index (χ1v) is 8.10. The molecule has 116 valence electrons. The van der Waals surface area contributed by atoms with Gasteiger partial charge in [-0.2, -0.15) is 0 Å². The van der Waals surface area contributed by atoms with Crippen LogP contribution in [0.25, 0.3) is 0 Å². The summed E-state index contributed by atoms with van der Waals surface area (Å²) in [5.41, 5.74) is 5.80. The highest BCUT2D eigenvalue weighted by atomic mass is 32.1. The molecule has 1 aliphatic rings. The molecule has 1 unspecified atom stereocenters. The van der Waals surface area contributed by atoms with Crippen molar-refractivity contribution in [1.29, 1.82) is 0 Å². The molecule has 1 aliphatic carbocycles. The molecular weight excluding hydrogens is 290 g/mol. The second kappa shape index (κ2) is 7.00. The maximum atomic E-state index is 12.3. The molecule has 1 fully saturated rings. The maximum Gasteiger partial charge on any atom is 0.283 e. The summed E-state index contributed by atoms with van der Waals surface area (Å²) in [6.07, 6.45) is 5.79. The minimum Gasteiger partial charge on any atom is -0.347 e. The second-order valence-corrected chi connectivity index (χ2v) is 6.78. The van der Waals surface area contributed by atoms with E-state index in [0.717, 1.165) is 24.2 Å². The molecule has 3 N–H and O–H groups in total. The van der Waals surface area contributed by atoms with Gasteiger partial charge in [0.15, 0.2) is 0 Å². The van der Waals surface area contributed by atoms with Crippen molar-refractivity contribution in [2.45, 2.75) is 45.1 Å². The van der Waals surface area contributed by atoms with Crippen molar-refractivity contribution in [2.24, 2.45) is 11.7 Å². The van der Waals surface area contributed by atoms with E-state index in [-0.39, 0.29) is 17.6 Å². The van der Waals surface area contributed by atoms with Crippen molar-refractivity contribution in [2.75, 3.05) is 6.54 Å². The fourth-order valence-corrected chi connectivity index (χ4v) is 3.80. The molecule has 0 aliphatic heterocycles. The van der Waals surface area contributed by atoms with Gasteiger partial charge in [-0.05, 0) is 25.7 Å². The number of nitrogens with one attached hydrogen (secondary N) is 1. The Bertz CT molecular complexity index is 524. The van der Waals surface area contributed by atoms with Crippen LogP contribution in [0.3, 0.4) is 0 Å². The zero-order chi connectivity index (χ0) is 15.4. The molecule has 0 spiro atoms. The highest BCUT2D eigenvalue weighted by molar-refractivity contribution is 7.14. The minimum atomic E-state index is -0.454. The number of carbonyl (C=O) groups excluding carboxylic acids is 1. The largest absolute Gasteiger partial charge is 0.347 e. The monoisotopic (exact) mass is 311 g/mol. The number of amides is 1. The summed E-state index contributed by atoms with van der Waals surface area (Å²) in [5, 5.41) is 13.8. The number of aryl methyl sites for hydroxylation is 1.